The van der Waals surface area contributed by atoms with Gasteiger partial charge in [-0.1, -0.05) is 13.8 Å². The lowest BCUT2D eigenvalue weighted by atomic mass is 10.1. The number of rotatable bonds is 7. The Labute approximate surface area is 120 Å². The van der Waals surface area contributed by atoms with Crippen LogP contribution in [0.25, 0.3) is 0 Å². The zero-order valence-corrected chi connectivity index (χ0v) is 12.9. The molecule has 0 aliphatic heterocycles. The molecule has 0 saturated carbocycles. The van der Waals surface area contributed by atoms with Crippen LogP contribution in [0.3, 0.4) is 0 Å². The molecule has 0 fully saturated rings. The zero-order valence-electron chi connectivity index (χ0n) is 12.9. The molecule has 2 N–H and O–H groups in total. The van der Waals surface area contributed by atoms with Gasteiger partial charge in [0, 0.05) is 30.8 Å². The van der Waals surface area contributed by atoms with Crippen molar-refractivity contribution in [2.24, 2.45) is 0 Å². The number of carbonyl (C=O) groups is 1. The van der Waals surface area contributed by atoms with Crippen molar-refractivity contribution >= 4 is 11.6 Å². The van der Waals surface area contributed by atoms with E-state index in [0.29, 0.717) is 30.5 Å². The van der Waals surface area contributed by atoms with Crippen LogP contribution in [0.1, 0.15) is 25.8 Å². The molecule has 5 heteroatoms. The van der Waals surface area contributed by atoms with Gasteiger partial charge >= 0.3 is 0 Å². The molecule has 0 unspecified atom stereocenters. The van der Waals surface area contributed by atoms with Gasteiger partial charge in [-0.2, -0.15) is 0 Å². The standard InChI is InChI=1S/C15H24N2O3/c1-10(2)16-7-6-15(18)17-12-9-14(20-5)13(19-4)8-11(12)3/h8-10,16H,6-7H2,1-5H3,(H,17,18). The van der Waals surface area contributed by atoms with Gasteiger partial charge in [0.25, 0.3) is 0 Å². The number of amides is 1. The number of hydrogen-bond donors (Lipinski definition) is 2. The maximum atomic E-state index is 11.9. The van der Waals surface area contributed by atoms with Crippen molar-refractivity contribution in [1.29, 1.82) is 0 Å². The number of anilines is 1. The molecule has 0 atom stereocenters. The summed E-state index contributed by atoms with van der Waals surface area (Å²) in [7, 11) is 3.17. The molecule has 1 amide bonds. The van der Waals surface area contributed by atoms with E-state index < -0.39 is 0 Å². The highest BCUT2D eigenvalue weighted by Gasteiger charge is 2.10. The number of aryl methyl sites for hydroxylation is 1. The van der Waals surface area contributed by atoms with Gasteiger partial charge in [-0.3, -0.25) is 4.79 Å². The monoisotopic (exact) mass is 280 g/mol. The molecule has 0 bridgehead atoms. The van der Waals surface area contributed by atoms with E-state index in [1.807, 2.05) is 13.0 Å². The first kappa shape index (κ1) is 16.3. The lowest BCUT2D eigenvalue weighted by Gasteiger charge is -2.14. The van der Waals surface area contributed by atoms with Crippen LogP contribution in [0.5, 0.6) is 11.5 Å². The normalized spacial score (nSPS) is 10.5. The molecule has 0 spiro atoms. The van der Waals surface area contributed by atoms with E-state index in [9.17, 15) is 4.79 Å². The average Bonchev–Trinajstić information content (AvgIpc) is 2.40. The Morgan fingerprint density at radius 2 is 1.80 bits per heavy atom. The highest BCUT2D eigenvalue weighted by molar-refractivity contribution is 5.92. The van der Waals surface area contributed by atoms with Gasteiger partial charge in [-0.25, -0.2) is 0 Å². The van der Waals surface area contributed by atoms with E-state index in [0.717, 1.165) is 11.3 Å². The topological polar surface area (TPSA) is 59.6 Å². The van der Waals surface area contributed by atoms with Gasteiger partial charge in [0.1, 0.15) is 0 Å². The minimum Gasteiger partial charge on any atom is -0.493 e. The summed E-state index contributed by atoms with van der Waals surface area (Å²) >= 11 is 0. The summed E-state index contributed by atoms with van der Waals surface area (Å²) in [5, 5.41) is 6.11. The molecule has 0 aromatic heterocycles. The second-order valence-electron chi connectivity index (χ2n) is 4.93. The number of nitrogens with one attached hydrogen (secondary N) is 2. The van der Waals surface area contributed by atoms with Gasteiger partial charge < -0.3 is 20.1 Å². The van der Waals surface area contributed by atoms with Crippen molar-refractivity contribution < 1.29 is 14.3 Å². The van der Waals surface area contributed by atoms with E-state index in [4.69, 9.17) is 9.47 Å². The smallest absolute Gasteiger partial charge is 0.225 e. The summed E-state index contributed by atoms with van der Waals surface area (Å²) in [6.45, 7) is 6.69. The predicted molar refractivity (Wildman–Crippen MR) is 80.7 cm³/mol. The molecule has 20 heavy (non-hydrogen) atoms. The largest absolute Gasteiger partial charge is 0.493 e. The van der Waals surface area contributed by atoms with Crippen molar-refractivity contribution in [2.75, 3.05) is 26.1 Å². The Kier molecular flexibility index (Phi) is 6.31. The quantitative estimate of drug-likeness (QED) is 0.805. The second-order valence-corrected chi connectivity index (χ2v) is 4.93. The minimum atomic E-state index is -0.0199. The maximum Gasteiger partial charge on any atom is 0.225 e. The van der Waals surface area contributed by atoms with Crippen LogP contribution in [0.15, 0.2) is 12.1 Å². The van der Waals surface area contributed by atoms with Crippen LogP contribution in [0, 0.1) is 6.92 Å². The number of ether oxygens (including phenoxy) is 2. The second kappa shape index (κ2) is 7.75. The number of benzene rings is 1. The Morgan fingerprint density at radius 1 is 1.20 bits per heavy atom. The fraction of sp³-hybridized carbons (Fsp3) is 0.533. The summed E-state index contributed by atoms with van der Waals surface area (Å²) in [4.78, 5) is 11.9. The molecule has 0 aliphatic carbocycles. The minimum absolute atomic E-state index is 0.0199. The summed E-state index contributed by atoms with van der Waals surface area (Å²) in [6, 6.07) is 4.01. The molecule has 0 radical (unpaired) electrons. The SMILES string of the molecule is COc1cc(C)c(NC(=O)CCNC(C)C)cc1OC. The van der Waals surface area contributed by atoms with Gasteiger partial charge in [-0.05, 0) is 18.6 Å². The average molecular weight is 280 g/mol. The van der Waals surface area contributed by atoms with Crippen molar-refractivity contribution in [2.45, 2.75) is 33.2 Å². The van der Waals surface area contributed by atoms with Crippen LogP contribution in [-0.4, -0.2) is 32.7 Å². The highest BCUT2D eigenvalue weighted by Crippen LogP contribution is 2.32. The van der Waals surface area contributed by atoms with Crippen LogP contribution in [0.4, 0.5) is 5.69 Å². The Bertz CT molecular complexity index is 459. The van der Waals surface area contributed by atoms with Crippen molar-refractivity contribution in [3.8, 4) is 11.5 Å². The predicted octanol–water partition coefficient (Wildman–Crippen LogP) is 2.34. The van der Waals surface area contributed by atoms with Crippen molar-refractivity contribution in [3.63, 3.8) is 0 Å². The molecule has 1 aromatic carbocycles. The van der Waals surface area contributed by atoms with Crippen LogP contribution >= 0.6 is 0 Å². The molecule has 1 aromatic rings. The number of methoxy groups -OCH3 is 2. The first-order valence-corrected chi connectivity index (χ1v) is 6.73. The third kappa shape index (κ3) is 4.74. The summed E-state index contributed by atoms with van der Waals surface area (Å²) in [6.07, 6.45) is 0.436. The van der Waals surface area contributed by atoms with Gasteiger partial charge in [-0.15, -0.1) is 0 Å². The first-order valence-electron chi connectivity index (χ1n) is 6.73. The maximum absolute atomic E-state index is 11.9. The van der Waals surface area contributed by atoms with Crippen LogP contribution < -0.4 is 20.1 Å². The summed E-state index contributed by atoms with van der Waals surface area (Å²) < 4.78 is 10.5. The van der Waals surface area contributed by atoms with Crippen LogP contribution in [-0.2, 0) is 4.79 Å². The zero-order chi connectivity index (χ0) is 15.1. The molecule has 0 heterocycles. The van der Waals surface area contributed by atoms with Crippen molar-refractivity contribution in [1.82, 2.24) is 5.32 Å². The van der Waals surface area contributed by atoms with Gasteiger partial charge in [0.2, 0.25) is 5.91 Å². The molecule has 1 rings (SSSR count). The third-order valence-corrected chi connectivity index (χ3v) is 2.91. The lowest BCUT2D eigenvalue weighted by Crippen LogP contribution is -2.27. The molecule has 112 valence electrons. The Balaban J connectivity index is 2.69. The van der Waals surface area contributed by atoms with E-state index in [-0.39, 0.29) is 5.91 Å². The lowest BCUT2D eigenvalue weighted by molar-refractivity contribution is -0.116. The Hall–Kier alpha value is -1.75. The molecule has 5 nitrogen and oxygen atoms in total. The third-order valence-electron chi connectivity index (χ3n) is 2.91. The van der Waals surface area contributed by atoms with E-state index >= 15 is 0 Å². The highest BCUT2D eigenvalue weighted by atomic mass is 16.5. The fourth-order valence-corrected chi connectivity index (χ4v) is 1.80. The van der Waals surface area contributed by atoms with E-state index in [1.165, 1.54) is 0 Å². The summed E-state index contributed by atoms with van der Waals surface area (Å²) in [5.41, 5.74) is 1.69. The number of carbonyl (C=O) groups excluding carboxylic acids is 1. The van der Waals surface area contributed by atoms with Crippen molar-refractivity contribution in [3.05, 3.63) is 17.7 Å². The Morgan fingerprint density at radius 3 is 2.35 bits per heavy atom. The number of hydrogen-bond acceptors (Lipinski definition) is 4. The van der Waals surface area contributed by atoms with Crippen LogP contribution in [0.2, 0.25) is 0 Å². The van der Waals surface area contributed by atoms with Gasteiger partial charge in [0.05, 0.1) is 14.2 Å². The fourth-order valence-electron chi connectivity index (χ4n) is 1.80. The molecular weight excluding hydrogens is 256 g/mol. The molecule has 0 aliphatic rings. The first-order chi connectivity index (χ1) is 9.47. The molecule has 0 saturated heterocycles. The van der Waals surface area contributed by atoms with Gasteiger partial charge in [0.15, 0.2) is 11.5 Å². The van der Waals surface area contributed by atoms with E-state index in [1.54, 1.807) is 20.3 Å². The van der Waals surface area contributed by atoms with E-state index in [2.05, 4.69) is 24.5 Å². The summed E-state index contributed by atoms with van der Waals surface area (Å²) in [5.74, 6) is 1.24. The molecular formula is C15H24N2O3.